The van der Waals surface area contributed by atoms with Crippen LogP contribution in [0.2, 0.25) is 0 Å². The Morgan fingerprint density at radius 2 is 1.85 bits per heavy atom. The molecule has 33 heavy (non-hydrogen) atoms. The number of likely N-dealkylation sites (N-methyl/N-ethyl adjacent to an activating group) is 1. The maximum Gasteiger partial charge on any atom is 0.254 e. The van der Waals surface area contributed by atoms with Crippen LogP contribution in [0.15, 0.2) is 48.7 Å². The van der Waals surface area contributed by atoms with Gasteiger partial charge in [-0.15, -0.1) is 11.3 Å². The molecule has 4 rings (SSSR count). The van der Waals surface area contributed by atoms with Gasteiger partial charge < -0.3 is 10.2 Å². The molecule has 3 heterocycles. The zero-order chi connectivity index (χ0) is 23.7. The van der Waals surface area contributed by atoms with Crippen LogP contribution in [0.5, 0.6) is 0 Å². The van der Waals surface area contributed by atoms with Crippen LogP contribution in [-0.2, 0) is 4.79 Å². The van der Waals surface area contributed by atoms with E-state index < -0.39 is 0 Å². The summed E-state index contributed by atoms with van der Waals surface area (Å²) in [6.45, 7) is 8.01. The summed E-state index contributed by atoms with van der Waals surface area (Å²) in [6, 6.07) is 13.5. The van der Waals surface area contributed by atoms with E-state index >= 15 is 0 Å². The molecule has 1 N–H and O–H groups in total. The van der Waals surface area contributed by atoms with Crippen molar-refractivity contribution in [2.24, 2.45) is 0 Å². The van der Waals surface area contributed by atoms with Crippen molar-refractivity contribution in [2.75, 3.05) is 18.9 Å². The first kappa shape index (κ1) is 22.7. The summed E-state index contributed by atoms with van der Waals surface area (Å²) >= 11 is 1.63. The number of hydrogen-bond acceptors (Lipinski definition) is 5. The molecule has 0 atom stereocenters. The number of rotatable bonds is 6. The molecule has 3 aromatic heterocycles. The van der Waals surface area contributed by atoms with Crippen molar-refractivity contribution in [3.63, 3.8) is 0 Å². The summed E-state index contributed by atoms with van der Waals surface area (Å²) in [6.07, 6.45) is 1.68. The second-order valence-electron chi connectivity index (χ2n) is 8.46. The molecule has 0 aliphatic heterocycles. The molecule has 0 bridgehead atoms. The molecule has 4 aromatic rings. The summed E-state index contributed by atoms with van der Waals surface area (Å²) in [7, 11) is 1.63. The lowest BCUT2D eigenvalue weighted by atomic mass is 10.1. The molecular formula is C25H27N5O2S. The molecule has 8 heteroatoms. The molecule has 1 aromatic carbocycles. The van der Waals surface area contributed by atoms with Crippen molar-refractivity contribution >= 4 is 39.9 Å². The molecule has 0 saturated carbocycles. The van der Waals surface area contributed by atoms with Gasteiger partial charge in [0.2, 0.25) is 5.91 Å². The number of fused-ring (bicyclic) bond motifs is 1. The molecular weight excluding hydrogens is 434 g/mol. The molecule has 7 nitrogen and oxygen atoms in total. The number of carbonyl (C=O) groups is 2. The quantitative estimate of drug-likeness (QED) is 0.435. The Kier molecular flexibility index (Phi) is 6.29. The van der Waals surface area contributed by atoms with Crippen LogP contribution in [0, 0.1) is 13.8 Å². The van der Waals surface area contributed by atoms with Crippen LogP contribution in [-0.4, -0.2) is 45.1 Å². The first-order valence-electron chi connectivity index (χ1n) is 10.8. The van der Waals surface area contributed by atoms with Gasteiger partial charge in [-0.05, 0) is 58.0 Å². The van der Waals surface area contributed by atoms with Gasteiger partial charge in [0, 0.05) is 23.7 Å². The Balaban J connectivity index is 1.64. The van der Waals surface area contributed by atoms with Gasteiger partial charge in [0.25, 0.3) is 5.91 Å². The first-order valence-corrected chi connectivity index (χ1v) is 11.6. The summed E-state index contributed by atoms with van der Waals surface area (Å²) < 4.78 is 1.82. The molecule has 2 amide bonds. The minimum absolute atomic E-state index is 0.0672. The minimum atomic E-state index is -0.257. The summed E-state index contributed by atoms with van der Waals surface area (Å²) in [4.78, 5) is 34.4. The van der Waals surface area contributed by atoms with Gasteiger partial charge in [0.1, 0.15) is 0 Å². The lowest BCUT2D eigenvalue weighted by Gasteiger charge is -2.18. The third kappa shape index (κ3) is 4.80. The third-order valence-corrected chi connectivity index (χ3v) is 6.37. The fourth-order valence-corrected chi connectivity index (χ4v) is 4.43. The van der Waals surface area contributed by atoms with Crippen molar-refractivity contribution in [2.45, 2.75) is 33.7 Å². The second kappa shape index (κ2) is 9.15. The Bertz CT molecular complexity index is 1320. The van der Waals surface area contributed by atoms with E-state index in [1.54, 1.807) is 30.6 Å². The van der Waals surface area contributed by atoms with Crippen LogP contribution in [0.3, 0.4) is 0 Å². The van der Waals surface area contributed by atoms with Gasteiger partial charge in [0.05, 0.1) is 34.3 Å². The smallest absolute Gasteiger partial charge is 0.254 e. The summed E-state index contributed by atoms with van der Waals surface area (Å²) in [5.74, 6) is -0.508. The lowest BCUT2D eigenvalue weighted by molar-refractivity contribution is -0.116. The van der Waals surface area contributed by atoms with Gasteiger partial charge >= 0.3 is 0 Å². The highest BCUT2D eigenvalue weighted by molar-refractivity contribution is 7.15. The molecule has 0 aliphatic rings. The number of thiophene rings is 1. The highest BCUT2D eigenvalue weighted by Gasteiger charge is 2.22. The van der Waals surface area contributed by atoms with E-state index in [2.05, 4.69) is 10.4 Å². The Morgan fingerprint density at radius 3 is 2.48 bits per heavy atom. The van der Waals surface area contributed by atoms with Crippen LogP contribution in [0.1, 0.15) is 40.7 Å². The number of aromatic nitrogens is 3. The molecule has 170 valence electrons. The highest BCUT2D eigenvalue weighted by atomic mass is 32.1. The highest BCUT2D eigenvalue weighted by Crippen LogP contribution is 2.31. The predicted molar refractivity (Wildman–Crippen MR) is 133 cm³/mol. The molecule has 0 spiro atoms. The van der Waals surface area contributed by atoms with Crippen LogP contribution >= 0.6 is 11.3 Å². The zero-order valence-electron chi connectivity index (χ0n) is 19.4. The second-order valence-corrected chi connectivity index (χ2v) is 9.75. The van der Waals surface area contributed by atoms with Gasteiger partial charge in [-0.2, -0.15) is 5.10 Å². The summed E-state index contributed by atoms with van der Waals surface area (Å²) in [5, 5.41) is 7.99. The van der Waals surface area contributed by atoms with E-state index in [4.69, 9.17) is 4.98 Å². The van der Waals surface area contributed by atoms with Gasteiger partial charge in [-0.1, -0.05) is 17.7 Å². The first-order chi connectivity index (χ1) is 15.7. The number of nitrogens with zero attached hydrogens (tertiary/aromatic N) is 4. The van der Waals surface area contributed by atoms with Crippen molar-refractivity contribution < 1.29 is 9.59 Å². The average Bonchev–Trinajstić information content (AvgIpc) is 3.40. The number of hydrogen-bond donors (Lipinski definition) is 1. The summed E-state index contributed by atoms with van der Waals surface area (Å²) in [5.41, 5.74) is 3.68. The maximum atomic E-state index is 13.4. The molecule has 0 aliphatic carbocycles. The topological polar surface area (TPSA) is 80.1 Å². The number of amides is 2. The molecule has 0 radical (unpaired) electrons. The van der Waals surface area contributed by atoms with Gasteiger partial charge in [-0.3, -0.25) is 9.59 Å². The average molecular weight is 462 g/mol. The van der Waals surface area contributed by atoms with E-state index in [0.29, 0.717) is 22.3 Å². The lowest BCUT2D eigenvalue weighted by Crippen LogP contribution is -2.35. The van der Waals surface area contributed by atoms with Crippen LogP contribution in [0.25, 0.3) is 21.6 Å². The van der Waals surface area contributed by atoms with Crippen molar-refractivity contribution in [1.82, 2.24) is 19.7 Å². The number of carbonyl (C=O) groups excluding carboxylic acids is 2. The number of nitrogens with one attached hydrogen (secondary N) is 1. The van der Waals surface area contributed by atoms with E-state index in [1.807, 2.05) is 68.8 Å². The van der Waals surface area contributed by atoms with Gasteiger partial charge in [-0.25, -0.2) is 9.67 Å². The Hall–Kier alpha value is -3.52. The van der Waals surface area contributed by atoms with E-state index in [9.17, 15) is 9.59 Å². The Labute approximate surface area is 197 Å². The van der Waals surface area contributed by atoms with Crippen molar-refractivity contribution in [3.05, 3.63) is 64.7 Å². The number of aryl methyl sites for hydroxylation is 2. The van der Waals surface area contributed by atoms with E-state index in [0.717, 1.165) is 16.1 Å². The van der Waals surface area contributed by atoms with E-state index in [1.165, 1.54) is 9.78 Å². The largest absolute Gasteiger partial charge is 0.332 e. The number of pyridine rings is 1. The molecule has 0 unspecified atom stereocenters. The minimum Gasteiger partial charge on any atom is -0.332 e. The van der Waals surface area contributed by atoms with Crippen LogP contribution in [0.4, 0.5) is 5.69 Å². The molecule has 0 saturated heterocycles. The predicted octanol–water partition coefficient (Wildman–Crippen LogP) is 5.07. The number of benzene rings is 1. The fourth-order valence-electron chi connectivity index (χ4n) is 3.60. The van der Waals surface area contributed by atoms with Crippen molar-refractivity contribution in [1.29, 1.82) is 0 Å². The monoisotopic (exact) mass is 461 g/mol. The zero-order valence-corrected chi connectivity index (χ0v) is 20.2. The van der Waals surface area contributed by atoms with Crippen LogP contribution < -0.4 is 5.32 Å². The third-order valence-electron chi connectivity index (χ3n) is 5.34. The SMILES string of the molecule is Cc1ccc(NC(=O)CN(C)C(=O)c2cc(-c3ccc(C)s3)nc3c2cnn3C(C)C)cc1. The van der Waals surface area contributed by atoms with E-state index in [-0.39, 0.29) is 24.4 Å². The normalized spacial score (nSPS) is 11.2. The standard InChI is InChI=1S/C25H27N5O2S/c1-15(2)30-24-20(13-26-30)19(12-21(28-24)22-11-8-17(4)33-22)25(32)29(5)14-23(31)27-18-9-6-16(3)7-10-18/h6-13,15H,14H2,1-5H3,(H,27,31). The Morgan fingerprint density at radius 1 is 1.12 bits per heavy atom. The van der Waals surface area contributed by atoms with Crippen molar-refractivity contribution in [3.8, 4) is 10.6 Å². The van der Waals surface area contributed by atoms with Gasteiger partial charge in [0.15, 0.2) is 5.65 Å². The number of anilines is 1. The maximum absolute atomic E-state index is 13.4. The molecule has 0 fully saturated rings. The fraction of sp³-hybridized carbons (Fsp3) is 0.280.